The van der Waals surface area contributed by atoms with E-state index in [9.17, 15) is 9.59 Å². The molecule has 0 radical (unpaired) electrons. The largest absolute Gasteiger partial charge is 0.493 e. The Labute approximate surface area is 159 Å². The molecule has 1 aliphatic rings. The summed E-state index contributed by atoms with van der Waals surface area (Å²) in [5, 5.41) is 1.14. The predicted octanol–water partition coefficient (Wildman–Crippen LogP) is 2.75. The molecule has 8 heteroatoms. The second-order valence-electron chi connectivity index (χ2n) is 6.09. The fraction of sp³-hybridized carbons (Fsp3) is 0.211. The Bertz CT molecular complexity index is 1060. The van der Waals surface area contributed by atoms with Crippen LogP contribution in [0.2, 0.25) is 5.02 Å². The van der Waals surface area contributed by atoms with Gasteiger partial charge >= 0.3 is 5.63 Å². The van der Waals surface area contributed by atoms with Crippen LogP contribution < -0.4 is 15.1 Å². The number of amides is 1. The maximum absolute atomic E-state index is 12.6. The van der Waals surface area contributed by atoms with E-state index in [4.69, 9.17) is 25.5 Å². The number of halogens is 1. The molecular formula is C19H15ClN2O5. The molecule has 1 aromatic carbocycles. The second kappa shape index (κ2) is 6.92. The molecule has 3 aromatic rings. The molecule has 1 amide bonds. The SMILES string of the molecule is COc1cccc2cc(C(=O)N3CC(Oc4ccc(Cl)cn4)C3)c(=O)oc12. The number of fused-ring (bicyclic) bond motifs is 1. The average molecular weight is 387 g/mol. The Balaban J connectivity index is 1.48. The number of benzene rings is 1. The minimum Gasteiger partial charge on any atom is -0.493 e. The Morgan fingerprint density at radius 3 is 2.81 bits per heavy atom. The number of pyridine rings is 1. The van der Waals surface area contributed by atoms with Gasteiger partial charge in [0.2, 0.25) is 5.88 Å². The Kier molecular flexibility index (Phi) is 4.45. The second-order valence-corrected chi connectivity index (χ2v) is 6.53. The topological polar surface area (TPSA) is 81.9 Å². The van der Waals surface area contributed by atoms with Gasteiger partial charge in [-0.2, -0.15) is 0 Å². The van der Waals surface area contributed by atoms with Gasteiger partial charge < -0.3 is 18.8 Å². The maximum atomic E-state index is 12.6. The van der Waals surface area contributed by atoms with Gasteiger partial charge in [-0.25, -0.2) is 9.78 Å². The number of hydrogen-bond donors (Lipinski definition) is 0. The van der Waals surface area contributed by atoms with Crippen LogP contribution >= 0.6 is 11.6 Å². The van der Waals surface area contributed by atoms with Crippen molar-refractivity contribution >= 4 is 28.5 Å². The zero-order valence-electron chi connectivity index (χ0n) is 14.3. The summed E-state index contributed by atoms with van der Waals surface area (Å²) >= 11 is 5.79. The first-order chi connectivity index (χ1) is 13.0. The number of hydrogen-bond acceptors (Lipinski definition) is 6. The molecular weight excluding hydrogens is 372 g/mol. The molecule has 0 saturated carbocycles. The van der Waals surface area contributed by atoms with Gasteiger partial charge in [-0.15, -0.1) is 0 Å². The smallest absolute Gasteiger partial charge is 0.349 e. The van der Waals surface area contributed by atoms with Crippen LogP contribution in [0, 0.1) is 0 Å². The van der Waals surface area contributed by atoms with Crippen LogP contribution in [0.1, 0.15) is 10.4 Å². The number of aromatic nitrogens is 1. The number of likely N-dealkylation sites (tertiary alicyclic amines) is 1. The van der Waals surface area contributed by atoms with Gasteiger partial charge in [0.25, 0.3) is 5.91 Å². The highest BCUT2D eigenvalue weighted by Crippen LogP contribution is 2.25. The molecule has 1 saturated heterocycles. The molecule has 3 heterocycles. The van der Waals surface area contributed by atoms with Crippen LogP contribution in [0.4, 0.5) is 0 Å². The highest BCUT2D eigenvalue weighted by Gasteiger charge is 2.34. The third kappa shape index (κ3) is 3.33. The number of carbonyl (C=O) groups is 1. The Hall–Kier alpha value is -3.06. The fourth-order valence-electron chi connectivity index (χ4n) is 2.88. The molecule has 1 aliphatic heterocycles. The van der Waals surface area contributed by atoms with E-state index in [2.05, 4.69) is 4.98 Å². The number of nitrogens with zero attached hydrogens (tertiary/aromatic N) is 2. The monoisotopic (exact) mass is 386 g/mol. The third-order valence-corrected chi connectivity index (χ3v) is 4.52. The standard InChI is InChI=1S/C19H15ClN2O5/c1-25-15-4-2-3-11-7-14(19(24)27-17(11)15)18(23)22-9-13(10-22)26-16-6-5-12(20)8-21-16/h2-8,13H,9-10H2,1H3. The summed E-state index contributed by atoms with van der Waals surface area (Å²) in [6, 6.07) is 10.1. The van der Waals surface area contributed by atoms with Crippen molar-refractivity contribution in [3.05, 3.63) is 63.6 Å². The maximum Gasteiger partial charge on any atom is 0.349 e. The first-order valence-electron chi connectivity index (χ1n) is 8.23. The van der Waals surface area contributed by atoms with Crippen molar-refractivity contribution < 1.29 is 18.7 Å². The first kappa shape index (κ1) is 17.4. The van der Waals surface area contributed by atoms with Crippen LogP contribution in [0.25, 0.3) is 11.0 Å². The lowest BCUT2D eigenvalue weighted by atomic mass is 10.1. The highest BCUT2D eigenvalue weighted by atomic mass is 35.5. The quantitative estimate of drug-likeness (QED) is 0.641. The van der Waals surface area contributed by atoms with Crippen LogP contribution in [-0.2, 0) is 0 Å². The molecule has 27 heavy (non-hydrogen) atoms. The molecule has 0 N–H and O–H groups in total. The van der Waals surface area contributed by atoms with Gasteiger partial charge in [0.05, 0.1) is 25.2 Å². The van der Waals surface area contributed by atoms with Gasteiger partial charge in [-0.1, -0.05) is 23.7 Å². The van der Waals surface area contributed by atoms with Crippen LogP contribution in [0.15, 0.2) is 51.8 Å². The van der Waals surface area contributed by atoms with Crippen LogP contribution in [0.5, 0.6) is 11.6 Å². The minimum atomic E-state index is -0.694. The number of carbonyl (C=O) groups excluding carboxylic acids is 1. The van der Waals surface area contributed by atoms with Crippen molar-refractivity contribution in [1.29, 1.82) is 0 Å². The lowest BCUT2D eigenvalue weighted by Crippen LogP contribution is -2.56. The van der Waals surface area contributed by atoms with E-state index >= 15 is 0 Å². The Morgan fingerprint density at radius 2 is 2.11 bits per heavy atom. The van der Waals surface area contributed by atoms with Crippen molar-refractivity contribution in [2.24, 2.45) is 0 Å². The average Bonchev–Trinajstić information content (AvgIpc) is 2.64. The molecule has 138 valence electrons. The number of para-hydroxylation sites is 1. The summed E-state index contributed by atoms with van der Waals surface area (Å²) in [4.78, 5) is 30.5. The van der Waals surface area contributed by atoms with Gasteiger partial charge in [0.1, 0.15) is 11.7 Å². The van der Waals surface area contributed by atoms with Crippen molar-refractivity contribution in [3.8, 4) is 11.6 Å². The first-order valence-corrected chi connectivity index (χ1v) is 8.61. The van der Waals surface area contributed by atoms with Crippen LogP contribution in [0.3, 0.4) is 0 Å². The molecule has 0 unspecified atom stereocenters. The van der Waals surface area contributed by atoms with E-state index in [0.29, 0.717) is 40.7 Å². The van der Waals surface area contributed by atoms with Crippen molar-refractivity contribution in [1.82, 2.24) is 9.88 Å². The third-order valence-electron chi connectivity index (χ3n) is 4.30. The lowest BCUT2D eigenvalue weighted by Gasteiger charge is -2.38. The minimum absolute atomic E-state index is 0.0150. The molecule has 0 bridgehead atoms. The van der Waals surface area contributed by atoms with E-state index in [-0.39, 0.29) is 11.7 Å². The fourth-order valence-corrected chi connectivity index (χ4v) is 2.99. The van der Waals surface area contributed by atoms with Gasteiger partial charge in [-0.05, 0) is 18.2 Å². The molecule has 7 nitrogen and oxygen atoms in total. The van der Waals surface area contributed by atoms with E-state index in [1.807, 2.05) is 0 Å². The normalized spacial score (nSPS) is 14.1. The summed E-state index contributed by atoms with van der Waals surface area (Å²) in [7, 11) is 1.49. The lowest BCUT2D eigenvalue weighted by molar-refractivity contribution is 0.0157. The summed E-state index contributed by atoms with van der Waals surface area (Å²) in [5.41, 5.74) is -0.389. The van der Waals surface area contributed by atoms with Crippen molar-refractivity contribution in [2.45, 2.75) is 6.10 Å². The van der Waals surface area contributed by atoms with E-state index < -0.39 is 11.5 Å². The Morgan fingerprint density at radius 1 is 1.30 bits per heavy atom. The zero-order valence-corrected chi connectivity index (χ0v) is 15.1. The predicted molar refractivity (Wildman–Crippen MR) is 98.6 cm³/mol. The highest BCUT2D eigenvalue weighted by molar-refractivity contribution is 6.30. The van der Waals surface area contributed by atoms with Crippen molar-refractivity contribution in [3.63, 3.8) is 0 Å². The summed E-state index contributed by atoms with van der Waals surface area (Å²) < 4.78 is 16.2. The molecule has 0 spiro atoms. The van der Waals surface area contributed by atoms with Crippen LogP contribution in [-0.4, -0.2) is 42.1 Å². The number of ether oxygens (including phenoxy) is 2. The van der Waals surface area contributed by atoms with Gasteiger partial charge in [0.15, 0.2) is 11.3 Å². The molecule has 2 aromatic heterocycles. The van der Waals surface area contributed by atoms with E-state index in [1.165, 1.54) is 24.3 Å². The summed E-state index contributed by atoms with van der Waals surface area (Å²) in [6.45, 7) is 0.720. The number of rotatable bonds is 4. The molecule has 0 atom stereocenters. The summed E-state index contributed by atoms with van der Waals surface area (Å²) in [6.07, 6.45) is 1.31. The van der Waals surface area contributed by atoms with E-state index in [0.717, 1.165) is 0 Å². The van der Waals surface area contributed by atoms with Gasteiger partial charge in [-0.3, -0.25) is 4.79 Å². The van der Waals surface area contributed by atoms with Gasteiger partial charge in [0, 0.05) is 17.6 Å². The van der Waals surface area contributed by atoms with E-state index in [1.54, 1.807) is 30.3 Å². The molecule has 4 rings (SSSR count). The summed E-state index contributed by atoms with van der Waals surface area (Å²) in [5.74, 6) is 0.489. The molecule has 1 fully saturated rings. The zero-order chi connectivity index (χ0) is 19.0. The number of methoxy groups -OCH3 is 1. The van der Waals surface area contributed by atoms with Crippen molar-refractivity contribution in [2.75, 3.05) is 20.2 Å². The molecule has 0 aliphatic carbocycles.